The number of piperidine rings is 1. The Morgan fingerprint density at radius 2 is 1.31 bits per heavy atom. The standard InChI is InChI=1S/C29H33F2NO3/c1-33-26-5-3-6-27(34-2)29(26)35-20-4-17-32-18-15-23(16-19-32)28(21-7-11-24(30)12-8-21)22-9-13-25(31)14-10-22/h3,5-14,23,28H,4,15-20H2,1-2H3. The van der Waals surface area contributed by atoms with Crippen LogP contribution in [0.15, 0.2) is 66.7 Å². The van der Waals surface area contributed by atoms with Crippen LogP contribution in [0.5, 0.6) is 17.2 Å². The van der Waals surface area contributed by atoms with Gasteiger partial charge in [0.1, 0.15) is 11.6 Å². The zero-order valence-electron chi connectivity index (χ0n) is 20.4. The summed E-state index contributed by atoms with van der Waals surface area (Å²) in [4.78, 5) is 2.46. The maximum absolute atomic E-state index is 13.6. The third kappa shape index (κ3) is 6.31. The second-order valence-electron chi connectivity index (χ2n) is 8.95. The quantitative estimate of drug-likeness (QED) is 0.318. The minimum absolute atomic E-state index is 0.125. The van der Waals surface area contributed by atoms with E-state index < -0.39 is 0 Å². The molecular formula is C29H33F2NO3. The SMILES string of the molecule is COc1cccc(OC)c1OCCCN1CCC(C(c2ccc(F)cc2)c2ccc(F)cc2)CC1. The van der Waals surface area contributed by atoms with E-state index >= 15 is 0 Å². The maximum Gasteiger partial charge on any atom is 0.203 e. The molecule has 3 aromatic rings. The molecule has 0 radical (unpaired) electrons. The van der Waals surface area contributed by atoms with E-state index in [9.17, 15) is 8.78 Å². The number of likely N-dealkylation sites (tertiary alicyclic amines) is 1. The fourth-order valence-corrected chi connectivity index (χ4v) is 5.01. The molecule has 0 atom stereocenters. The number of nitrogens with zero attached hydrogens (tertiary/aromatic N) is 1. The van der Waals surface area contributed by atoms with Crippen LogP contribution in [0, 0.1) is 17.6 Å². The smallest absolute Gasteiger partial charge is 0.203 e. The number of benzene rings is 3. The molecule has 0 aromatic heterocycles. The van der Waals surface area contributed by atoms with Gasteiger partial charge in [-0.1, -0.05) is 30.3 Å². The highest BCUT2D eigenvalue weighted by Crippen LogP contribution is 2.39. The van der Waals surface area contributed by atoms with E-state index in [-0.39, 0.29) is 17.6 Å². The molecule has 0 aliphatic carbocycles. The van der Waals surface area contributed by atoms with Gasteiger partial charge in [-0.15, -0.1) is 0 Å². The molecule has 1 heterocycles. The topological polar surface area (TPSA) is 30.9 Å². The van der Waals surface area contributed by atoms with Gasteiger partial charge in [-0.25, -0.2) is 8.78 Å². The van der Waals surface area contributed by atoms with Gasteiger partial charge in [-0.2, -0.15) is 0 Å². The molecule has 0 unspecified atom stereocenters. The highest BCUT2D eigenvalue weighted by atomic mass is 19.1. The van der Waals surface area contributed by atoms with Gasteiger partial charge in [0, 0.05) is 12.5 Å². The zero-order valence-corrected chi connectivity index (χ0v) is 20.4. The highest BCUT2D eigenvalue weighted by Gasteiger charge is 2.29. The van der Waals surface area contributed by atoms with Gasteiger partial charge in [0.05, 0.1) is 20.8 Å². The van der Waals surface area contributed by atoms with Gasteiger partial charge in [0.25, 0.3) is 0 Å². The van der Waals surface area contributed by atoms with E-state index in [1.54, 1.807) is 14.2 Å². The van der Waals surface area contributed by atoms with Gasteiger partial charge >= 0.3 is 0 Å². The van der Waals surface area contributed by atoms with E-state index in [0.29, 0.717) is 29.8 Å². The number of halogens is 2. The zero-order chi connectivity index (χ0) is 24.6. The Bertz CT molecular complexity index is 997. The number of ether oxygens (including phenoxy) is 3. The summed E-state index contributed by atoms with van der Waals surface area (Å²) in [6, 6.07) is 19.1. The van der Waals surface area contributed by atoms with Crippen LogP contribution in [-0.2, 0) is 0 Å². The predicted octanol–water partition coefficient (Wildman–Crippen LogP) is 6.30. The van der Waals surface area contributed by atoms with Crippen molar-refractivity contribution in [3.63, 3.8) is 0 Å². The first-order chi connectivity index (χ1) is 17.1. The van der Waals surface area contributed by atoms with Gasteiger partial charge in [0.15, 0.2) is 11.5 Å². The van der Waals surface area contributed by atoms with E-state index in [0.717, 1.165) is 50.0 Å². The second-order valence-corrected chi connectivity index (χ2v) is 8.95. The second kappa shape index (κ2) is 12.0. The van der Waals surface area contributed by atoms with Crippen LogP contribution in [0.1, 0.15) is 36.3 Å². The molecular weight excluding hydrogens is 448 g/mol. The fourth-order valence-electron chi connectivity index (χ4n) is 5.01. The van der Waals surface area contributed by atoms with Crippen molar-refractivity contribution >= 4 is 0 Å². The number of hydrogen-bond donors (Lipinski definition) is 0. The third-order valence-electron chi connectivity index (χ3n) is 6.81. The van der Waals surface area contributed by atoms with Crippen molar-refractivity contribution in [2.75, 3.05) is 40.5 Å². The van der Waals surface area contributed by atoms with Crippen LogP contribution >= 0.6 is 0 Å². The Balaban J connectivity index is 1.33. The first kappa shape index (κ1) is 25.0. The van der Waals surface area contributed by atoms with Crippen molar-refractivity contribution in [3.8, 4) is 17.2 Å². The molecule has 0 bridgehead atoms. The number of rotatable bonds is 10. The molecule has 0 amide bonds. The maximum atomic E-state index is 13.6. The molecule has 0 saturated carbocycles. The average molecular weight is 482 g/mol. The van der Waals surface area contributed by atoms with Crippen LogP contribution in [0.25, 0.3) is 0 Å². The van der Waals surface area contributed by atoms with Crippen molar-refractivity contribution in [2.45, 2.75) is 25.2 Å². The Morgan fingerprint density at radius 1 is 0.800 bits per heavy atom. The molecule has 35 heavy (non-hydrogen) atoms. The first-order valence-corrected chi connectivity index (χ1v) is 12.2. The fraction of sp³-hybridized carbons (Fsp3) is 0.379. The molecule has 0 N–H and O–H groups in total. The lowest BCUT2D eigenvalue weighted by Gasteiger charge is -2.36. The van der Waals surface area contributed by atoms with E-state index in [1.165, 1.54) is 24.3 Å². The molecule has 6 heteroatoms. The Morgan fingerprint density at radius 3 is 1.80 bits per heavy atom. The summed E-state index contributed by atoms with van der Waals surface area (Å²) in [5, 5.41) is 0. The van der Waals surface area contributed by atoms with Crippen LogP contribution in [0.4, 0.5) is 8.78 Å². The van der Waals surface area contributed by atoms with Crippen LogP contribution in [0.3, 0.4) is 0 Å². The summed E-state index contributed by atoms with van der Waals surface area (Å²) < 4.78 is 43.9. The summed E-state index contributed by atoms with van der Waals surface area (Å²) >= 11 is 0. The molecule has 1 aliphatic heterocycles. The van der Waals surface area contributed by atoms with Crippen molar-refractivity contribution in [1.82, 2.24) is 4.90 Å². The van der Waals surface area contributed by atoms with Gasteiger partial charge in [-0.3, -0.25) is 0 Å². The Hall–Kier alpha value is -3.12. The van der Waals surface area contributed by atoms with Crippen molar-refractivity contribution in [1.29, 1.82) is 0 Å². The van der Waals surface area contributed by atoms with Gasteiger partial charge in [0.2, 0.25) is 5.75 Å². The summed E-state index contributed by atoms with van der Waals surface area (Å²) in [6.07, 6.45) is 2.95. The number of para-hydroxylation sites is 1. The summed E-state index contributed by atoms with van der Waals surface area (Å²) in [5.74, 6) is 2.02. The normalized spacial score (nSPS) is 14.8. The van der Waals surface area contributed by atoms with Crippen LogP contribution < -0.4 is 14.2 Å². The molecule has 186 valence electrons. The summed E-state index contributed by atoms with van der Waals surface area (Å²) in [6.45, 7) is 3.50. The minimum Gasteiger partial charge on any atom is -0.493 e. The van der Waals surface area contributed by atoms with Crippen LogP contribution in [0.2, 0.25) is 0 Å². The lowest BCUT2D eigenvalue weighted by atomic mass is 9.76. The molecule has 4 nitrogen and oxygen atoms in total. The third-order valence-corrected chi connectivity index (χ3v) is 6.81. The minimum atomic E-state index is -0.241. The molecule has 1 aliphatic rings. The summed E-state index contributed by atoms with van der Waals surface area (Å²) in [7, 11) is 3.24. The highest BCUT2D eigenvalue weighted by molar-refractivity contribution is 5.51. The Labute approximate surface area is 206 Å². The van der Waals surface area contributed by atoms with Crippen molar-refractivity contribution in [2.24, 2.45) is 5.92 Å². The Kier molecular flexibility index (Phi) is 8.59. The van der Waals surface area contributed by atoms with Gasteiger partial charge in [-0.05, 0) is 85.8 Å². The predicted molar refractivity (Wildman–Crippen MR) is 133 cm³/mol. The van der Waals surface area contributed by atoms with E-state index in [1.807, 2.05) is 42.5 Å². The number of methoxy groups -OCH3 is 2. The lowest BCUT2D eigenvalue weighted by molar-refractivity contribution is 0.162. The van der Waals surface area contributed by atoms with Crippen molar-refractivity contribution < 1.29 is 23.0 Å². The average Bonchev–Trinajstić information content (AvgIpc) is 2.89. The first-order valence-electron chi connectivity index (χ1n) is 12.2. The van der Waals surface area contributed by atoms with Crippen LogP contribution in [-0.4, -0.2) is 45.4 Å². The monoisotopic (exact) mass is 481 g/mol. The molecule has 0 spiro atoms. The molecule has 1 fully saturated rings. The molecule has 1 saturated heterocycles. The lowest BCUT2D eigenvalue weighted by Crippen LogP contribution is -2.36. The van der Waals surface area contributed by atoms with Gasteiger partial charge < -0.3 is 19.1 Å². The summed E-state index contributed by atoms with van der Waals surface area (Å²) in [5.41, 5.74) is 2.16. The number of hydrogen-bond acceptors (Lipinski definition) is 4. The van der Waals surface area contributed by atoms with E-state index in [2.05, 4.69) is 4.90 Å². The van der Waals surface area contributed by atoms with Crippen molar-refractivity contribution in [3.05, 3.63) is 89.5 Å². The largest absolute Gasteiger partial charge is 0.493 e. The van der Waals surface area contributed by atoms with E-state index in [4.69, 9.17) is 14.2 Å². The molecule has 4 rings (SSSR count). The molecule has 3 aromatic carbocycles.